The van der Waals surface area contributed by atoms with Crippen LogP contribution in [-0.2, 0) is 0 Å². The molecular weight excluding hydrogens is 707 g/mol. The van der Waals surface area contributed by atoms with E-state index < -0.39 is 0 Å². The van der Waals surface area contributed by atoms with Gasteiger partial charge < -0.3 is 4.74 Å². The summed E-state index contributed by atoms with van der Waals surface area (Å²) in [6, 6.07) is 61.4. The highest BCUT2D eigenvalue weighted by atomic mass is 32.1. The number of hydrogen-bond acceptors (Lipinski definition) is 7. The molecule has 0 aliphatic heterocycles. The van der Waals surface area contributed by atoms with Gasteiger partial charge in [0.05, 0.1) is 6.20 Å². The fourth-order valence-corrected chi connectivity index (χ4v) is 8.18. The molecule has 7 heteroatoms. The first-order valence-corrected chi connectivity index (χ1v) is 19.1. The molecule has 56 heavy (non-hydrogen) atoms. The van der Waals surface area contributed by atoms with E-state index in [1.54, 1.807) is 17.5 Å². The zero-order valence-electron chi connectivity index (χ0n) is 30.0. The summed E-state index contributed by atoms with van der Waals surface area (Å²) in [5, 5.41) is 2.29. The van der Waals surface area contributed by atoms with E-state index in [-0.39, 0.29) is 0 Å². The van der Waals surface area contributed by atoms with Gasteiger partial charge in [-0.2, -0.15) is 0 Å². The van der Waals surface area contributed by atoms with Crippen molar-refractivity contribution in [2.75, 3.05) is 0 Å². The molecule has 0 saturated heterocycles. The van der Waals surface area contributed by atoms with Gasteiger partial charge in [-0.1, -0.05) is 152 Å². The minimum absolute atomic E-state index is 0.595. The third kappa shape index (κ3) is 6.46. The van der Waals surface area contributed by atoms with Crippen LogP contribution < -0.4 is 4.74 Å². The van der Waals surface area contributed by atoms with Crippen LogP contribution in [0.3, 0.4) is 0 Å². The van der Waals surface area contributed by atoms with Gasteiger partial charge in [-0.05, 0) is 41.5 Å². The molecule has 6 nitrogen and oxygen atoms in total. The maximum absolute atomic E-state index is 6.31. The minimum atomic E-state index is 0.595. The second-order valence-corrected chi connectivity index (χ2v) is 14.4. The molecular formula is C49H31N5OS. The number of fused-ring (bicyclic) bond motifs is 3. The van der Waals surface area contributed by atoms with Crippen molar-refractivity contribution in [3.63, 3.8) is 0 Å². The number of benzene rings is 7. The molecule has 0 aliphatic carbocycles. The second-order valence-electron chi connectivity index (χ2n) is 13.3. The fraction of sp³-hybridized carbons (Fsp3) is 0. The summed E-state index contributed by atoms with van der Waals surface area (Å²) < 4.78 is 8.53. The zero-order valence-corrected chi connectivity index (χ0v) is 30.8. The highest BCUT2D eigenvalue weighted by Crippen LogP contribution is 2.42. The Morgan fingerprint density at radius 3 is 1.68 bits per heavy atom. The van der Waals surface area contributed by atoms with Crippen molar-refractivity contribution in [2.45, 2.75) is 0 Å². The van der Waals surface area contributed by atoms with Crippen LogP contribution in [0.15, 0.2) is 188 Å². The Morgan fingerprint density at radius 2 is 0.964 bits per heavy atom. The lowest BCUT2D eigenvalue weighted by Gasteiger charge is -2.12. The third-order valence-corrected chi connectivity index (χ3v) is 10.9. The van der Waals surface area contributed by atoms with Crippen molar-refractivity contribution in [1.29, 1.82) is 0 Å². The SMILES string of the molecule is c1ccc(Oc2cnc(-c3cccc4c3sc3cc(-c5nc(-c6ccccc6)nc(-c6cccc(-c7ccccc7)c6)n5)ccc34)nc2-c2ccccc2)cc1. The van der Waals surface area contributed by atoms with Crippen molar-refractivity contribution in [1.82, 2.24) is 24.9 Å². The van der Waals surface area contributed by atoms with Crippen molar-refractivity contribution >= 4 is 31.5 Å². The molecule has 0 amide bonds. The van der Waals surface area contributed by atoms with E-state index in [2.05, 4.69) is 84.9 Å². The van der Waals surface area contributed by atoms with E-state index >= 15 is 0 Å². The predicted molar refractivity (Wildman–Crippen MR) is 227 cm³/mol. The molecule has 0 fully saturated rings. The first kappa shape index (κ1) is 33.2. The summed E-state index contributed by atoms with van der Waals surface area (Å²) >= 11 is 1.72. The van der Waals surface area contributed by atoms with E-state index in [1.807, 2.05) is 97.1 Å². The maximum atomic E-state index is 6.31. The number of thiophene rings is 1. The Hall–Kier alpha value is -7.35. The lowest BCUT2D eigenvalue weighted by molar-refractivity contribution is 0.480. The highest BCUT2D eigenvalue weighted by molar-refractivity contribution is 7.26. The van der Waals surface area contributed by atoms with Gasteiger partial charge in [0.15, 0.2) is 29.0 Å². The van der Waals surface area contributed by atoms with Crippen molar-refractivity contribution in [2.24, 2.45) is 0 Å². The Kier molecular flexibility index (Phi) is 8.59. The predicted octanol–water partition coefficient (Wildman–Crippen LogP) is 12.8. The van der Waals surface area contributed by atoms with E-state index in [9.17, 15) is 0 Å². The summed E-state index contributed by atoms with van der Waals surface area (Å²) in [6.45, 7) is 0. The summed E-state index contributed by atoms with van der Waals surface area (Å²) in [7, 11) is 0. The number of ether oxygens (including phenoxy) is 1. The lowest BCUT2D eigenvalue weighted by Crippen LogP contribution is -2.00. The van der Waals surface area contributed by atoms with Crippen molar-refractivity contribution < 1.29 is 4.74 Å². The van der Waals surface area contributed by atoms with Crippen LogP contribution >= 0.6 is 11.3 Å². The summed E-state index contributed by atoms with van der Waals surface area (Å²) in [6.07, 6.45) is 1.78. The first-order chi connectivity index (χ1) is 27.7. The third-order valence-electron chi connectivity index (χ3n) is 9.67. The highest BCUT2D eigenvalue weighted by Gasteiger charge is 2.19. The summed E-state index contributed by atoms with van der Waals surface area (Å²) in [5.74, 6) is 3.82. The maximum Gasteiger partial charge on any atom is 0.172 e. The largest absolute Gasteiger partial charge is 0.453 e. The molecule has 10 rings (SSSR count). The van der Waals surface area contributed by atoms with Crippen LogP contribution in [0.2, 0.25) is 0 Å². The Labute approximate surface area is 327 Å². The van der Waals surface area contributed by atoms with E-state index in [0.29, 0.717) is 29.0 Å². The number of rotatable bonds is 8. The van der Waals surface area contributed by atoms with Crippen LogP contribution in [0, 0.1) is 0 Å². The Balaban J connectivity index is 1.08. The molecule has 7 aromatic carbocycles. The Bertz CT molecular complexity index is 2990. The standard InChI is InChI=1S/C49H31N5OS/c1-5-15-32(16-6-1)35-21-13-22-36(29-35)47-52-46(34-19-9-3-10-20-34)53-48(54-47)37-27-28-39-40-25-14-26-41(45(40)56-43(39)30-37)49-50-31-42(55-38-23-11-4-12-24-38)44(51-49)33-17-7-2-8-18-33/h1-31H. The molecule has 0 atom stereocenters. The van der Waals surface area contributed by atoms with Gasteiger partial charge in [-0.3, -0.25) is 0 Å². The van der Waals surface area contributed by atoms with Crippen molar-refractivity contribution in [3.05, 3.63) is 188 Å². The van der Waals surface area contributed by atoms with Crippen molar-refractivity contribution in [3.8, 4) is 79.4 Å². The fourth-order valence-electron chi connectivity index (χ4n) is 6.93. The van der Waals surface area contributed by atoms with Crippen LogP contribution in [0.5, 0.6) is 11.5 Å². The second kappa shape index (κ2) is 14.5. The van der Waals surface area contributed by atoms with Crippen LogP contribution in [-0.4, -0.2) is 24.9 Å². The lowest BCUT2D eigenvalue weighted by atomic mass is 10.0. The first-order valence-electron chi connectivity index (χ1n) is 18.3. The average molecular weight is 738 g/mol. The summed E-state index contributed by atoms with van der Waals surface area (Å²) in [4.78, 5) is 25.1. The van der Waals surface area contributed by atoms with Gasteiger partial charge >= 0.3 is 0 Å². The minimum Gasteiger partial charge on any atom is -0.453 e. The van der Waals surface area contributed by atoms with E-state index in [0.717, 1.165) is 70.6 Å². The number of aromatic nitrogens is 5. The quantitative estimate of drug-likeness (QED) is 0.155. The van der Waals surface area contributed by atoms with Gasteiger partial charge in [0.2, 0.25) is 0 Å². The molecule has 0 radical (unpaired) electrons. The Morgan fingerprint density at radius 1 is 0.393 bits per heavy atom. The molecule has 10 aromatic rings. The summed E-state index contributed by atoms with van der Waals surface area (Å²) in [5.41, 5.74) is 7.65. The van der Waals surface area contributed by atoms with E-state index in [4.69, 9.17) is 29.7 Å². The van der Waals surface area contributed by atoms with Gasteiger partial charge in [0, 0.05) is 48.0 Å². The smallest absolute Gasteiger partial charge is 0.172 e. The molecule has 3 aromatic heterocycles. The molecule has 0 spiro atoms. The molecule has 3 heterocycles. The van der Waals surface area contributed by atoms with Crippen LogP contribution in [0.25, 0.3) is 88.1 Å². The number of hydrogen-bond donors (Lipinski definition) is 0. The topological polar surface area (TPSA) is 73.7 Å². The van der Waals surface area contributed by atoms with Crippen LogP contribution in [0.4, 0.5) is 0 Å². The average Bonchev–Trinajstić information content (AvgIpc) is 3.66. The molecule has 0 N–H and O–H groups in total. The van der Waals surface area contributed by atoms with E-state index in [1.165, 1.54) is 0 Å². The molecule has 0 bridgehead atoms. The molecule has 0 aliphatic rings. The van der Waals surface area contributed by atoms with Gasteiger partial charge in [-0.15, -0.1) is 11.3 Å². The molecule has 0 unspecified atom stereocenters. The normalized spacial score (nSPS) is 11.2. The zero-order chi connectivity index (χ0) is 37.3. The number of nitrogens with zero attached hydrogens (tertiary/aromatic N) is 5. The van der Waals surface area contributed by atoms with Crippen LogP contribution in [0.1, 0.15) is 0 Å². The molecule has 264 valence electrons. The molecule has 0 saturated carbocycles. The number of para-hydroxylation sites is 1. The van der Waals surface area contributed by atoms with Gasteiger partial charge in [0.1, 0.15) is 11.4 Å². The van der Waals surface area contributed by atoms with Gasteiger partial charge in [0.25, 0.3) is 0 Å². The van der Waals surface area contributed by atoms with Gasteiger partial charge in [-0.25, -0.2) is 24.9 Å². The monoisotopic (exact) mass is 737 g/mol.